The first-order chi connectivity index (χ1) is 10.8. The zero-order chi connectivity index (χ0) is 17.0. The third kappa shape index (κ3) is 5.09. The first kappa shape index (κ1) is 18.0. The smallest absolute Gasteiger partial charge is 0.257 e. The molecule has 0 spiro atoms. The molecule has 1 amide bonds. The molecule has 1 aromatic carbocycles. The van der Waals surface area contributed by atoms with Crippen LogP contribution in [0.2, 0.25) is 5.02 Å². The second-order valence-electron chi connectivity index (χ2n) is 5.61. The van der Waals surface area contributed by atoms with Gasteiger partial charge in [0.15, 0.2) is 0 Å². The fourth-order valence-corrected chi connectivity index (χ4v) is 3.23. The van der Waals surface area contributed by atoms with Crippen molar-refractivity contribution in [2.24, 2.45) is 0 Å². The van der Waals surface area contributed by atoms with Gasteiger partial charge in [-0.25, -0.2) is 8.42 Å². The molecule has 1 heterocycles. The summed E-state index contributed by atoms with van der Waals surface area (Å²) in [5.41, 5.74) is 0.487. The molecule has 0 bridgehead atoms. The third-order valence-corrected chi connectivity index (χ3v) is 4.99. The molecule has 0 aromatic heterocycles. The summed E-state index contributed by atoms with van der Waals surface area (Å²) in [6, 6.07) is 4.95. The lowest BCUT2D eigenvalue weighted by molar-refractivity contribution is 0.0641. The van der Waals surface area contributed by atoms with Crippen molar-refractivity contribution in [1.29, 1.82) is 0 Å². The molecule has 1 saturated heterocycles. The van der Waals surface area contributed by atoms with Crippen LogP contribution in [0.25, 0.3) is 0 Å². The van der Waals surface area contributed by atoms with Crippen LogP contribution in [-0.4, -0.2) is 76.0 Å². The molecule has 2 rings (SSSR count). The van der Waals surface area contributed by atoms with Crippen molar-refractivity contribution in [3.8, 4) is 5.75 Å². The molecule has 0 unspecified atom stereocenters. The maximum atomic E-state index is 12.6. The van der Waals surface area contributed by atoms with E-state index in [0.717, 1.165) is 0 Å². The van der Waals surface area contributed by atoms with E-state index in [1.807, 2.05) is 0 Å². The van der Waals surface area contributed by atoms with E-state index in [4.69, 9.17) is 16.3 Å². The number of hydrogen-bond acceptors (Lipinski definition) is 5. The van der Waals surface area contributed by atoms with Crippen LogP contribution in [0.1, 0.15) is 10.4 Å². The van der Waals surface area contributed by atoms with Gasteiger partial charge >= 0.3 is 0 Å². The van der Waals surface area contributed by atoms with E-state index >= 15 is 0 Å². The van der Waals surface area contributed by atoms with Crippen LogP contribution in [0.3, 0.4) is 0 Å². The highest BCUT2D eigenvalue weighted by molar-refractivity contribution is 7.90. The second-order valence-corrected chi connectivity index (χ2v) is 8.30. The minimum Gasteiger partial charge on any atom is -0.496 e. The molecule has 1 aromatic rings. The molecule has 0 saturated carbocycles. The number of rotatable bonds is 5. The Hall–Kier alpha value is -1.31. The molecular formula is C15H21ClN2O4S. The predicted octanol–water partition coefficient (Wildman–Crippen LogP) is 1.15. The summed E-state index contributed by atoms with van der Waals surface area (Å²) in [7, 11) is -1.46. The number of methoxy groups -OCH3 is 1. The number of benzene rings is 1. The summed E-state index contributed by atoms with van der Waals surface area (Å²) in [4.78, 5) is 16.4. The van der Waals surface area contributed by atoms with Crippen molar-refractivity contribution < 1.29 is 17.9 Å². The number of carbonyl (C=O) groups excluding carboxylic acids is 1. The van der Waals surface area contributed by atoms with E-state index in [0.29, 0.717) is 49.1 Å². The average Bonchev–Trinajstić information content (AvgIpc) is 2.52. The lowest BCUT2D eigenvalue weighted by Gasteiger charge is -2.34. The van der Waals surface area contributed by atoms with Crippen LogP contribution >= 0.6 is 11.6 Å². The maximum Gasteiger partial charge on any atom is 0.257 e. The molecule has 6 nitrogen and oxygen atoms in total. The van der Waals surface area contributed by atoms with Crippen molar-refractivity contribution >= 4 is 27.3 Å². The monoisotopic (exact) mass is 360 g/mol. The first-order valence-electron chi connectivity index (χ1n) is 7.33. The van der Waals surface area contributed by atoms with Gasteiger partial charge in [-0.05, 0) is 18.2 Å². The van der Waals surface area contributed by atoms with Gasteiger partial charge in [-0.15, -0.1) is 0 Å². The molecule has 0 aliphatic carbocycles. The Labute approximate surface area is 141 Å². The number of amides is 1. The molecule has 0 N–H and O–H groups in total. The van der Waals surface area contributed by atoms with Gasteiger partial charge in [-0.2, -0.15) is 0 Å². The van der Waals surface area contributed by atoms with Crippen molar-refractivity contribution in [2.75, 3.05) is 51.8 Å². The largest absolute Gasteiger partial charge is 0.496 e. The fraction of sp³-hybridized carbons (Fsp3) is 0.533. The number of nitrogens with zero attached hydrogens (tertiary/aromatic N) is 2. The van der Waals surface area contributed by atoms with E-state index in [2.05, 4.69) is 4.90 Å². The standard InChI is InChI=1S/C15H21ClN2O4S/c1-22-14-11-12(16)3-4-13(14)15(19)18-7-5-17(6-8-18)9-10-23(2,20)21/h3-4,11H,5-10H2,1-2H3. The SMILES string of the molecule is COc1cc(Cl)ccc1C(=O)N1CCN(CCS(C)(=O)=O)CC1. The summed E-state index contributed by atoms with van der Waals surface area (Å²) in [6.45, 7) is 2.96. The van der Waals surface area contributed by atoms with Crippen LogP contribution in [-0.2, 0) is 9.84 Å². The Morgan fingerprint density at radius 1 is 1.26 bits per heavy atom. The Morgan fingerprint density at radius 2 is 1.91 bits per heavy atom. The van der Waals surface area contributed by atoms with Crippen molar-refractivity contribution in [3.05, 3.63) is 28.8 Å². The molecule has 0 atom stereocenters. The number of ether oxygens (including phenoxy) is 1. The van der Waals surface area contributed by atoms with E-state index in [1.54, 1.807) is 23.1 Å². The summed E-state index contributed by atoms with van der Waals surface area (Å²) in [6.07, 6.45) is 1.24. The van der Waals surface area contributed by atoms with Crippen LogP contribution in [0.4, 0.5) is 0 Å². The molecule has 8 heteroatoms. The van der Waals surface area contributed by atoms with Gasteiger partial charge in [0.05, 0.1) is 18.4 Å². The number of hydrogen-bond donors (Lipinski definition) is 0. The second kappa shape index (κ2) is 7.51. The number of halogens is 1. The topological polar surface area (TPSA) is 66.9 Å². The minimum absolute atomic E-state index is 0.0960. The van der Waals surface area contributed by atoms with Gasteiger partial charge in [-0.3, -0.25) is 9.69 Å². The van der Waals surface area contributed by atoms with Crippen LogP contribution in [0.15, 0.2) is 18.2 Å². The molecule has 128 valence electrons. The minimum atomic E-state index is -2.96. The quantitative estimate of drug-likeness (QED) is 0.788. The molecule has 0 radical (unpaired) electrons. The lowest BCUT2D eigenvalue weighted by atomic mass is 10.1. The van der Waals surface area contributed by atoms with E-state index in [9.17, 15) is 13.2 Å². The van der Waals surface area contributed by atoms with Gasteiger partial charge in [0.25, 0.3) is 5.91 Å². The zero-order valence-corrected chi connectivity index (χ0v) is 14.9. The summed E-state index contributed by atoms with van der Waals surface area (Å²) >= 11 is 5.92. The van der Waals surface area contributed by atoms with Gasteiger partial charge in [0.2, 0.25) is 0 Å². The first-order valence-corrected chi connectivity index (χ1v) is 9.77. The third-order valence-electron chi connectivity index (χ3n) is 3.83. The van der Waals surface area contributed by atoms with Crippen molar-refractivity contribution in [2.45, 2.75) is 0 Å². The Balaban J connectivity index is 1.96. The Kier molecular flexibility index (Phi) is 5.89. The van der Waals surface area contributed by atoms with Gasteiger partial charge in [-0.1, -0.05) is 11.6 Å². The summed E-state index contributed by atoms with van der Waals surface area (Å²) < 4.78 is 27.7. The molecule has 23 heavy (non-hydrogen) atoms. The number of carbonyl (C=O) groups is 1. The molecular weight excluding hydrogens is 340 g/mol. The van der Waals surface area contributed by atoms with Gasteiger partial charge < -0.3 is 9.64 Å². The van der Waals surface area contributed by atoms with Gasteiger partial charge in [0.1, 0.15) is 15.6 Å². The fourth-order valence-electron chi connectivity index (χ4n) is 2.48. The van der Waals surface area contributed by atoms with E-state index in [1.165, 1.54) is 13.4 Å². The zero-order valence-electron chi connectivity index (χ0n) is 13.3. The number of sulfone groups is 1. The van der Waals surface area contributed by atoms with Crippen LogP contribution < -0.4 is 4.74 Å². The van der Waals surface area contributed by atoms with Crippen molar-refractivity contribution in [3.63, 3.8) is 0 Å². The van der Waals surface area contributed by atoms with Crippen LogP contribution in [0, 0.1) is 0 Å². The molecule has 1 aliphatic rings. The Bertz CT molecular complexity index is 670. The summed E-state index contributed by atoms with van der Waals surface area (Å²) in [5, 5.41) is 0.518. The highest BCUT2D eigenvalue weighted by Crippen LogP contribution is 2.24. The normalized spacial score (nSPS) is 16.4. The van der Waals surface area contributed by atoms with Crippen molar-refractivity contribution in [1.82, 2.24) is 9.80 Å². The Morgan fingerprint density at radius 3 is 2.48 bits per heavy atom. The van der Waals surface area contributed by atoms with E-state index < -0.39 is 9.84 Å². The highest BCUT2D eigenvalue weighted by Gasteiger charge is 2.24. The van der Waals surface area contributed by atoms with Crippen LogP contribution in [0.5, 0.6) is 5.75 Å². The summed E-state index contributed by atoms with van der Waals surface area (Å²) in [5.74, 6) is 0.509. The number of piperazine rings is 1. The highest BCUT2D eigenvalue weighted by atomic mass is 35.5. The van der Waals surface area contributed by atoms with E-state index in [-0.39, 0.29) is 11.7 Å². The van der Waals surface area contributed by atoms with Gasteiger partial charge in [0, 0.05) is 44.0 Å². The predicted molar refractivity (Wildman–Crippen MR) is 90.1 cm³/mol. The molecule has 1 aliphatic heterocycles. The lowest BCUT2D eigenvalue weighted by Crippen LogP contribution is -2.49. The average molecular weight is 361 g/mol. The maximum absolute atomic E-state index is 12.6. The molecule has 1 fully saturated rings.